The van der Waals surface area contributed by atoms with Crippen LogP contribution in [0, 0.1) is 0 Å². The van der Waals surface area contributed by atoms with Crippen LogP contribution in [0.2, 0.25) is 0 Å². The molecule has 1 aromatic carbocycles. The minimum absolute atomic E-state index is 0.176. The molecule has 5 heteroatoms. The molecule has 0 heterocycles. The van der Waals surface area contributed by atoms with Crippen molar-refractivity contribution in [2.75, 3.05) is 20.8 Å². The van der Waals surface area contributed by atoms with Crippen LogP contribution in [0.1, 0.15) is 27.2 Å². The number of nitrogens with one attached hydrogen (secondary N) is 1. The van der Waals surface area contributed by atoms with Gasteiger partial charge in [0.1, 0.15) is 5.54 Å². The van der Waals surface area contributed by atoms with E-state index in [1.165, 1.54) is 7.11 Å². The van der Waals surface area contributed by atoms with Gasteiger partial charge in [0.2, 0.25) is 0 Å². The highest BCUT2D eigenvalue weighted by molar-refractivity contribution is 5.80. The number of para-hydroxylation sites is 2. The van der Waals surface area contributed by atoms with Crippen molar-refractivity contribution < 1.29 is 19.0 Å². The second-order valence-electron chi connectivity index (χ2n) is 5.14. The zero-order chi connectivity index (χ0) is 15.9. The van der Waals surface area contributed by atoms with Crippen LogP contribution < -0.4 is 14.8 Å². The normalized spacial score (nSPS) is 14.9. The lowest BCUT2D eigenvalue weighted by molar-refractivity contribution is -0.149. The summed E-state index contributed by atoms with van der Waals surface area (Å²) in [7, 11) is 2.99. The molecule has 0 radical (unpaired) electrons. The topological polar surface area (TPSA) is 56.8 Å². The first kappa shape index (κ1) is 17.3. The Morgan fingerprint density at radius 2 is 1.90 bits per heavy atom. The highest BCUT2D eigenvalue weighted by atomic mass is 16.5. The minimum Gasteiger partial charge on any atom is -0.493 e. The van der Waals surface area contributed by atoms with Crippen LogP contribution in [0.3, 0.4) is 0 Å². The van der Waals surface area contributed by atoms with E-state index in [2.05, 4.69) is 5.32 Å². The maximum Gasteiger partial charge on any atom is 0.325 e. The highest BCUT2D eigenvalue weighted by Gasteiger charge is 2.35. The molecule has 1 aromatic rings. The summed E-state index contributed by atoms with van der Waals surface area (Å²) in [4.78, 5) is 12.0. The quantitative estimate of drug-likeness (QED) is 0.746. The zero-order valence-corrected chi connectivity index (χ0v) is 13.4. The summed E-state index contributed by atoms with van der Waals surface area (Å²) in [5.74, 6) is 1.05. The van der Waals surface area contributed by atoms with Crippen LogP contribution in [0.25, 0.3) is 0 Å². The summed E-state index contributed by atoms with van der Waals surface area (Å²) in [6, 6.07) is 7.45. The SMILES string of the molecule is CCNC(C)(CC(C)Oc1ccccc1OC)C(=O)OC. The molecule has 2 atom stereocenters. The van der Waals surface area contributed by atoms with Gasteiger partial charge in [-0.2, -0.15) is 0 Å². The van der Waals surface area contributed by atoms with E-state index in [-0.39, 0.29) is 12.1 Å². The third-order valence-electron chi connectivity index (χ3n) is 3.30. The third kappa shape index (κ3) is 4.63. The fourth-order valence-corrected chi connectivity index (χ4v) is 2.39. The zero-order valence-electron chi connectivity index (χ0n) is 13.4. The number of benzene rings is 1. The molecule has 1 rings (SSSR count). The Morgan fingerprint density at radius 1 is 1.29 bits per heavy atom. The number of likely N-dealkylation sites (N-methyl/N-ethyl adjacent to an activating group) is 1. The van der Waals surface area contributed by atoms with Crippen LogP contribution in [0.4, 0.5) is 0 Å². The van der Waals surface area contributed by atoms with E-state index in [0.717, 1.165) is 0 Å². The molecule has 1 N–H and O–H groups in total. The molecule has 0 spiro atoms. The first-order chi connectivity index (χ1) is 9.96. The van der Waals surface area contributed by atoms with Gasteiger partial charge in [-0.3, -0.25) is 4.79 Å². The molecule has 0 aliphatic carbocycles. The summed E-state index contributed by atoms with van der Waals surface area (Å²) in [6.07, 6.45) is 0.315. The number of carbonyl (C=O) groups is 1. The average molecular weight is 295 g/mol. The number of esters is 1. The van der Waals surface area contributed by atoms with E-state index < -0.39 is 5.54 Å². The smallest absolute Gasteiger partial charge is 0.325 e. The standard InChI is InChI=1S/C16H25NO4/c1-6-17-16(3,15(18)20-5)11-12(2)21-14-10-8-7-9-13(14)19-4/h7-10,12,17H,6,11H2,1-5H3. The summed E-state index contributed by atoms with van der Waals surface area (Å²) in [5, 5.41) is 3.17. The molecule has 118 valence electrons. The highest BCUT2D eigenvalue weighted by Crippen LogP contribution is 2.28. The number of methoxy groups -OCH3 is 2. The molecule has 2 unspecified atom stereocenters. The Bertz CT molecular complexity index is 463. The van der Waals surface area contributed by atoms with E-state index >= 15 is 0 Å². The van der Waals surface area contributed by atoms with E-state index in [9.17, 15) is 4.79 Å². The molecular weight excluding hydrogens is 270 g/mol. The van der Waals surface area contributed by atoms with Gasteiger partial charge in [-0.05, 0) is 32.5 Å². The van der Waals surface area contributed by atoms with Crippen molar-refractivity contribution in [1.82, 2.24) is 5.32 Å². The van der Waals surface area contributed by atoms with Gasteiger partial charge in [0.05, 0.1) is 20.3 Å². The van der Waals surface area contributed by atoms with Crippen LogP contribution in [0.15, 0.2) is 24.3 Å². The van der Waals surface area contributed by atoms with Crippen LogP contribution >= 0.6 is 0 Å². The molecule has 5 nitrogen and oxygen atoms in total. The minimum atomic E-state index is -0.773. The first-order valence-electron chi connectivity index (χ1n) is 7.10. The number of hydrogen-bond donors (Lipinski definition) is 1. The van der Waals surface area contributed by atoms with E-state index in [1.54, 1.807) is 7.11 Å². The molecular formula is C16H25NO4. The maximum absolute atomic E-state index is 12.0. The largest absolute Gasteiger partial charge is 0.493 e. The molecule has 0 fully saturated rings. The van der Waals surface area contributed by atoms with Gasteiger partial charge in [0.15, 0.2) is 11.5 Å². The number of rotatable bonds is 8. The van der Waals surface area contributed by atoms with Gasteiger partial charge >= 0.3 is 5.97 Å². The average Bonchev–Trinajstić information content (AvgIpc) is 2.46. The predicted molar refractivity (Wildman–Crippen MR) is 81.8 cm³/mol. The summed E-state index contributed by atoms with van der Waals surface area (Å²) in [5.41, 5.74) is -0.773. The molecule has 0 aliphatic heterocycles. The second kappa shape index (κ2) is 7.88. The Balaban J connectivity index is 2.78. The van der Waals surface area contributed by atoms with Crippen molar-refractivity contribution in [3.63, 3.8) is 0 Å². The molecule has 0 amide bonds. The lowest BCUT2D eigenvalue weighted by Gasteiger charge is -2.30. The lowest BCUT2D eigenvalue weighted by Crippen LogP contribution is -2.52. The van der Waals surface area contributed by atoms with E-state index in [0.29, 0.717) is 24.5 Å². The van der Waals surface area contributed by atoms with Crippen molar-refractivity contribution in [2.24, 2.45) is 0 Å². The summed E-state index contributed by atoms with van der Waals surface area (Å²) >= 11 is 0. The van der Waals surface area contributed by atoms with Gasteiger partial charge in [-0.1, -0.05) is 19.1 Å². The maximum atomic E-state index is 12.0. The van der Waals surface area contributed by atoms with Crippen molar-refractivity contribution in [1.29, 1.82) is 0 Å². The molecule has 0 aromatic heterocycles. The van der Waals surface area contributed by atoms with Gasteiger partial charge < -0.3 is 19.5 Å². The number of carbonyl (C=O) groups excluding carboxylic acids is 1. The van der Waals surface area contributed by atoms with Crippen molar-refractivity contribution in [2.45, 2.75) is 38.8 Å². The van der Waals surface area contributed by atoms with Crippen LogP contribution in [-0.4, -0.2) is 38.4 Å². The summed E-state index contributed by atoms with van der Waals surface area (Å²) in [6.45, 7) is 6.37. The van der Waals surface area contributed by atoms with E-state index in [4.69, 9.17) is 14.2 Å². The van der Waals surface area contributed by atoms with Crippen LogP contribution in [-0.2, 0) is 9.53 Å². The summed E-state index contributed by atoms with van der Waals surface area (Å²) < 4.78 is 16.0. The Kier molecular flexibility index (Phi) is 6.49. The van der Waals surface area contributed by atoms with Gasteiger partial charge in [-0.15, -0.1) is 0 Å². The van der Waals surface area contributed by atoms with Gasteiger partial charge in [-0.25, -0.2) is 0 Å². The molecule has 0 aliphatic rings. The monoisotopic (exact) mass is 295 g/mol. The fourth-order valence-electron chi connectivity index (χ4n) is 2.39. The first-order valence-corrected chi connectivity index (χ1v) is 7.10. The molecule has 0 saturated heterocycles. The van der Waals surface area contributed by atoms with Crippen LogP contribution in [0.5, 0.6) is 11.5 Å². The lowest BCUT2D eigenvalue weighted by atomic mass is 9.94. The fraction of sp³-hybridized carbons (Fsp3) is 0.562. The Morgan fingerprint density at radius 3 is 2.43 bits per heavy atom. The Labute approximate surface area is 126 Å². The van der Waals surface area contributed by atoms with Gasteiger partial charge in [0, 0.05) is 6.42 Å². The molecule has 0 saturated carbocycles. The van der Waals surface area contributed by atoms with Crippen molar-refractivity contribution in [3.8, 4) is 11.5 Å². The molecule has 21 heavy (non-hydrogen) atoms. The Hall–Kier alpha value is -1.75. The van der Waals surface area contributed by atoms with Crippen molar-refractivity contribution >= 4 is 5.97 Å². The number of hydrogen-bond acceptors (Lipinski definition) is 5. The second-order valence-corrected chi connectivity index (χ2v) is 5.14. The van der Waals surface area contributed by atoms with E-state index in [1.807, 2.05) is 45.0 Å². The third-order valence-corrected chi connectivity index (χ3v) is 3.30. The predicted octanol–water partition coefficient (Wildman–Crippen LogP) is 2.39. The molecule has 0 bridgehead atoms. The van der Waals surface area contributed by atoms with Crippen molar-refractivity contribution in [3.05, 3.63) is 24.3 Å². The van der Waals surface area contributed by atoms with Gasteiger partial charge in [0.25, 0.3) is 0 Å². The number of ether oxygens (including phenoxy) is 3.